The van der Waals surface area contributed by atoms with Gasteiger partial charge in [-0.25, -0.2) is 4.79 Å². The summed E-state index contributed by atoms with van der Waals surface area (Å²) in [4.78, 5) is 29.6. The Morgan fingerprint density at radius 1 is 1.36 bits per heavy atom. The van der Waals surface area contributed by atoms with Crippen LogP contribution >= 0.6 is 0 Å². The van der Waals surface area contributed by atoms with Gasteiger partial charge in [-0.2, -0.15) is 0 Å². The Morgan fingerprint density at radius 3 is 2.77 bits per heavy atom. The van der Waals surface area contributed by atoms with Crippen molar-refractivity contribution in [3.63, 3.8) is 0 Å². The van der Waals surface area contributed by atoms with Crippen LogP contribution in [0.1, 0.15) is 43.1 Å². The first kappa shape index (κ1) is 16.3. The molecule has 2 heterocycles. The Hall–Kier alpha value is -2.11. The molecule has 0 aromatic carbocycles. The number of likely N-dealkylation sites (tertiary alicyclic amines) is 1. The van der Waals surface area contributed by atoms with Gasteiger partial charge < -0.3 is 15.0 Å². The van der Waals surface area contributed by atoms with E-state index in [0.717, 1.165) is 25.7 Å². The lowest BCUT2D eigenvalue weighted by Crippen LogP contribution is -2.46. The van der Waals surface area contributed by atoms with E-state index in [1.807, 2.05) is 0 Å². The van der Waals surface area contributed by atoms with Gasteiger partial charge in [-0.1, -0.05) is 19.4 Å². The molecule has 1 aliphatic heterocycles. The number of nitrogens with zero attached hydrogens (tertiary/aromatic N) is 2. The van der Waals surface area contributed by atoms with Crippen LogP contribution in [-0.4, -0.2) is 47.6 Å². The minimum atomic E-state index is -0.247. The summed E-state index contributed by atoms with van der Waals surface area (Å²) < 4.78 is 5.20. The molecular weight excluding hydrogens is 282 g/mol. The van der Waals surface area contributed by atoms with Crippen LogP contribution in [0.15, 0.2) is 24.4 Å². The lowest BCUT2D eigenvalue weighted by Gasteiger charge is -2.31. The van der Waals surface area contributed by atoms with Gasteiger partial charge in [0, 0.05) is 25.3 Å². The van der Waals surface area contributed by atoms with Crippen molar-refractivity contribution in [2.24, 2.45) is 0 Å². The van der Waals surface area contributed by atoms with Crippen LogP contribution < -0.4 is 5.32 Å². The second-order valence-corrected chi connectivity index (χ2v) is 5.42. The number of hydrogen-bond donors (Lipinski definition) is 1. The van der Waals surface area contributed by atoms with E-state index in [1.54, 1.807) is 29.3 Å². The molecule has 120 valence electrons. The van der Waals surface area contributed by atoms with E-state index < -0.39 is 0 Å². The van der Waals surface area contributed by atoms with Gasteiger partial charge in [-0.3, -0.25) is 9.78 Å². The zero-order valence-corrected chi connectivity index (χ0v) is 13.0. The van der Waals surface area contributed by atoms with E-state index in [1.165, 1.54) is 0 Å². The number of hydrogen-bond acceptors (Lipinski definition) is 4. The smallest absolute Gasteiger partial charge is 0.409 e. The highest BCUT2D eigenvalue weighted by Crippen LogP contribution is 2.12. The molecule has 0 bridgehead atoms. The number of ether oxygens (including phenoxy) is 1. The molecule has 6 heteroatoms. The SMILES string of the molecule is CCCCOC(=O)N1CCC(NC(=O)c2ccccn2)CC1. The lowest BCUT2D eigenvalue weighted by molar-refractivity contribution is 0.0834. The van der Waals surface area contributed by atoms with Gasteiger partial charge in [0.25, 0.3) is 5.91 Å². The highest BCUT2D eigenvalue weighted by Gasteiger charge is 2.25. The number of carbonyl (C=O) groups is 2. The molecule has 0 aliphatic carbocycles. The van der Waals surface area contributed by atoms with E-state index in [0.29, 0.717) is 25.4 Å². The Labute approximate surface area is 130 Å². The minimum Gasteiger partial charge on any atom is -0.449 e. The number of piperidine rings is 1. The quantitative estimate of drug-likeness (QED) is 0.847. The number of aromatic nitrogens is 1. The Kier molecular flexibility index (Phi) is 6.18. The van der Waals surface area contributed by atoms with E-state index >= 15 is 0 Å². The molecule has 0 spiro atoms. The lowest BCUT2D eigenvalue weighted by atomic mass is 10.1. The van der Waals surface area contributed by atoms with Crippen molar-refractivity contribution < 1.29 is 14.3 Å². The molecule has 2 amide bonds. The highest BCUT2D eigenvalue weighted by atomic mass is 16.6. The van der Waals surface area contributed by atoms with Crippen LogP contribution in [0.3, 0.4) is 0 Å². The predicted molar refractivity (Wildman–Crippen MR) is 82.6 cm³/mol. The molecule has 0 unspecified atom stereocenters. The average molecular weight is 305 g/mol. The summed E-state index contributed by atoms with van der Waals surface area (Å²) in [5, 5.41) is 2.97. The second-order valence-electron chi connectivity index (χ2n) is 5.42. The van der Waals surface area contributed by atoms with Gasteiger partial charge in [-0.15, -0.1) is 0 Å². The third kappa shape index (κ3) is 4.72. The van der Waals surface area contributed by atoms with Gasteiger partial charge in [0.2, 0.25) is 0 Å². The summed E-state index contributed by atoms with van der Waals surface area (Å²) in [6.45, 7) is 3.76. The molecule has 1 aliphatic rings. The van der Waals surface area contributed by atoms with Crippen molar-refractivity contribution in [1.29, 1.82) is 0 Å². The van der Waals surface area contributed by atoms with Crippen molar-refractivity contribution >= 4 is 12.0 Å². The van der Waals surface area contributed by atoms with E-state index in [2.05, 4.69) is 17.2 Å². The molecule has 1 aromatic heterocycles. The standard InChI is InChI=1S/C16H23N3O3/c1-2-3-12-22-16(21)19-10-7-13(8-11-19)18-15(20)14-6-4-5-9-17-14/h4-6,9,13H,2-3,7-8,10-12H2,1H3,(H,18,20). The van der Waals surface area contributed by atoms with Gasteiger partial charge in [0.15, 0.2) is 0 Å². The summed E-state index contributed by atoms with van der Waals surface area (Å²) in [6, 6.07) is 5.33. The number of carbonyl (C=O) groups excluding carboxylic acids is 2. The molecule has 0 saturated carbocycles. The third-order valence-corrected chi connectivity index (χ3v) is 3.71. The Morgan fingerprint density at radius 2 is 2.14 bits per heavy atom. The normalized spacial score (nSPS) is 15.4. The van der Waals surface area contributed by atoms with Crippen LogP contribution in [0, 0.1) is 0 Å². The average Bonchev–Trinajstić information content (AvgIpc) is 2.56. The summed E-state index contributed by atoms with van der Waals surface area (Å²) in [5.74, 6) is -0.162. The number of unbranched alkanes of at least 4 members (excludes halogenated alkanes) is 1. The zero-order chi connectivity index (χ0) is 15.8. The molecule has 1 aromatic rings. The maximum absolute atomic E-state index is 12.0. The van der Waals surface area contributed by atoms with Crippen LogP contribution in [0.2, 0.25) is 0 Å². The highest BCUT2D eigenvalue weighted by molar-refractivity contribution is 5.92. The minimum absolute atomic E-state index is 0.0780. The molecule has 0 radical (unpaired) electrons. The van der Waals surface area contributed by atoms with Crippen molar-refractivity contribution in [2.75, 3.05) is 19.7 Å². The fourth-order valence-corrected chi connectivity index (χ4v) is 2.36. The topological polar surface area (TPSA) is 71.5 Å². The number of rotatable bonds is 5. The summed E-state index contributed by atoms with van der Waals surface area (Å²) in [6.07, 6.45) is 4.73. The first-order chi connectivity index (χ1) is 10.7. The number of pyridine rings is 1. The Balaban J connectivity index is 1.73. The van der Waals surface area contributed by atoms with Gasteiger partial charge in [0.1, 0.15) is 5.69 Å². The van der Waals surface area contributed by atoms with E-state index in [9.17, 15) is 9.59 Å². The molecule has 6 nitrogen and oxygen atoms in total. The maximum atomic E-state index is 12.0. The molecule has 2 rings (SSSR count). The van der Waals surface area contributed by atoms with Crippen molar-refractivity contribution in [3.8, 4) is 0 Å². The van der Waals surface area contributed by atoms with Crippen LogP contribution in [0.5, 0.6) is 0 Å². The predicted octanol–water partition coefficient (Wildman–Crippen LogP) is 2.21. The van der Waals surface area contributed by atoms with Crippen LogP contribution in [0.25, 0.3) is 0 Å². The fourth-order valence-electron chi connectivity index (χ4n) is 2.36. The Bertz CT molecular complexity index is 485. The molecule has 0 atom stereocenters. The monoisotopic (exact) mass is 305 g/mol. The van der Waals surface area contributed by atoms with Gasteiger partial charge in [0.05, 0.1) is 6.61 Å². The molecule has 1 N–H and O–H groups in total. The summed E-state index contributed by atoms with van der Waals surface area (Å²) in [7, 11) is 0. The molecule has 1 saturated heterocycles. The van der Waals surface area contributed by atoms with Crippen LogP contribution in [0.4, 0.5) is 4.79 Å². The molecule has 1 fully saturated rings. The zero-order valence-electron chi connectivity index (χ0n) is 13.0. The van der Waals surface area contributed by atoms with E-state index in [-0.39, 0.29) is 18.0 Å². The largest absolute Gasteiger partial charge is 0.449 e. The number of amides is 2. The maximum Gasteiger partial charge on any atom is 0.409 e. The van der Waals surface area contributed by atoms with Crippen molar-refractivity contribution in [2.45, 2.75) is 38.6 Å². The summed E-state index contributed by atoms with van der Waals surface area (Å²) in [5.41, 5.74) is 0.420. The second kappa shape index (κ2) is 8.36. The van der Waals surface area contributed by atoms with Gasteiger partial charge >= 0.3 is 6.09 Å². The van der Waals surface area contributed by atoms with Crippen LogP contribution in [-0.2, 0) is 4.74 Å². The third-order valence-electron chi connectivity index (χ3n) is 3.71. The first-order valence-electron chi connectivity index (χ1n) is 7.84. The van der Waals surface area contributed by atoms with Crippen molar-refractivity contribution in [1.82, 2.24) is 15.2 Å². The van der Waals surface area contributed by atoms with Gasteiger partial charge in [-0.05, 0) is 31.4 Å². The van der Waals surface area contributed by atoms with E-state index in [4.69, 9.17) is 4.74 Å². The van der Waals surface area contributed by atoms with Crippen molar-refractivity contribution in [3.05, 3.63) is 30.1 Å². The molecule has 22 heavy (non-hydrogen) atoms. The summed E-state index contributed by atoms with van der Waals surface area (Å²) >= 11 is 0. The number of nitrogens with one attached hydrogen (secondary N) is 1. The fraction of sp³-hybridized carbons (Fsp3) is 0.562. The molecular formula is C16H23N3O3. The first-order valence-corrected chi connectivity index (χ1v) is 7.84.